The molecular weight excluding hydrogens is 176 g/mol. The van der Waals surface area contributed by atoms with Crippen LogP contribution in [0.1, 0.15) is 33.6 Å². The molecule has 0 aromatic heterocycles. The highest BCUT2D eigenvalue weighted by molar-refractivity contribution is 5.86. The Morgan fingerprint density at radius 3 is 2.21 bits per heavy atom. The van der Waals surface area contributed by atoms with Crippen molar-refractivity contribution in [3.63, 3.8) is 0 Å². The second-order valence-electron chi connectivity index (χ2n) is 4.74. The van der Waals surface area contributed by atoms with Crippen LogP contribution in [0.5, 0.6) is 0 Å². The number of piperidine rings is 1. The van der Waals surface area contributed by atoms with Gasteiger partial charge in [0.15, 0.2) is 0 Å². The minimum atomic E-state index is -0.249. The lowest BCUT2D eigenvalue weighted by Crippen LogP contribution is -2.59. The van der Waals surface area contributed by atoms with Gasteiger partial charge in [0.05, 0.1) is 5.54 Å². The molecule has 1 aliphatic heterocycles. The summed E-state index contributed by atoms with van der Waals surface area (Å²) < 4.78 is 0. The minimum absolute atomic E-state index is 0.249. The molecule has 1 N–H and O–H groups in total. The van der Waals surface area contributed by atoms with Gasteiger partial charge in [0.2, 0.25) is 0 Å². The smallest absolute Gasteiger partial charge is 0.149 e. The Hall–Kier alpha value is -0.410. The van der Waals surface area contributed by atoms with Crippen molar-refractivity contribution >= 4 is 5.78 Å². The number of rotatable bonds is 3. The third kappa shape index (κ3) is 2.55. The average molecular weight is 198 g/mol. The SMILES string of the molecule is CC(=O)C1(NC(C)C)CCN(C)CC1. The van der Waals surface area contributed by atoms with Gasteiger partial charge in [-0.15, -0.1) is 0 Å². The van der Waals surface area contributed by atoms with Crippen LogP contribution in [0.2, 0.25) is 0 Å². The summed E-state index contributed by atoms with van der Waals surface area (Å²) >= 11 is 0. The van der Waals surface area contributed by atoms with E-state index >= 15 is 0 Å². The predicted molar refractivity (Wildman–Crippen MR) is 58.4 cm³/mol. The number of hydrogen-bond donors (Lipinski definition) is 1. The number of carbonyl (C=O) groups is 1. The van der Waals surface area contributed by atoms with E-state index in [1.54, 1.807) is 6.92 Å². The fraction of sp³-hybridized carbons (Fsp3) is 0.909. The summed E-state index contributed by atoms with van der Waals surface area (Å²) in [7, 11) is 2.11. The molecule has 0 bridgehead atoms. The molecular formula is C11H22N2O. The van der Waals surface area contributed by atoms with E-state index in [2.05, 4.69) is 31.1 Å². The molecule has 0 aliphatic carbocycles. The van der Waals surface area contributed by atoms with Gasteiger partial charge in [-0.05, 0) is 40.7 Å². The van der Waals surface area contributed by atoms with E-state index in [0.29, 0.717) is 11.8 Å². The zero-order chi connectivity index (χ0) is 10.8. The average Bonchev–Trinajstić information content (AvgIpc) is 2.08. The summed E-state index contributed by atoms with van der Waals surface area (Å²) in [5.41, 5.74) is -0.249. The number of ketones is 1. The van der Waals surface area contributed by atoms with Gasteiger partial charge in [-0.3, -0.25) is 4.79 Å². The quantitative estimate of drug-likeness (QED) is 0.735. The van der Waals surface area contributed by atoms with E-state index < -0.39 is 0 Å². The van der Waals surface area contributed by atoms with Crippen LogP contribution in [0.3, 0.4) is 0 Å². The normalized spacial score (nSPS) is 22.6. The minimum Gasteiger partial charge on any atom is -0.306 e. The fourth-order valence-corrected chi connectivity index (χ4v) is 2.15. The van der Waals surface area contributed by atoms with Crippen molar-refractivity contribution in [2.45, 2.75) is 45.2 Å². The molecule has 0 spiro atoms. The molecule has 0 aromatic carbocycles. The molecule has 0 unspecified atom stereocenters. The van der Waals surface area contributed by atoms with Crippen molar-refractivity contribution in [2.75, 3.05) is 20.1 Å². The van der Waals surface area contributed by atoms with E-state index in [4.69, 9.17) is 0 Å². The molecule has 1 aliphatic rings. The van der Waals surface area contributed by atoms with E-state index in [1.807, 2.05) is 0 Å². The van der Waals surface area contributed by atoms with Crippen LogP contribution in [-0.4, -0.2) is 42.4 Å². The van der Waals surface area contributed by atoms with Crippen LogP contribution in [0.25, 0.3) is 0 Å². The topological polar surface area (TPSA) is 32.3 Å². The molecule has 0 radical (unpaired) electrons. The summed E-state index contributed by atoms with van der Waals surface area (Å²) in [6.07, 6.45) is 1.88. The van der Waals surface area contributed by atoms with Gasteiger partial charge < -0.3 is 10.2 Å². The van der Waals surface area contributed by atoms with Crippen molar-refractivity contribution in [1.29, 1.82) is 0 Å². The monoisotopic (exact) mass is 198 g/mol. The highest BCUT2D eigenvalue weighted by Crippen LogP contribution is 2.23. The number of Topliss-reactive ketones (excluding diaryl/α,β-unsaturated/α-hetero) is 1. The maximum atomic E-state index is 11.7. The second kappa shape index (κ2) is 4.41. The summed E-state index contributed by atoms with van der Waals surface area (Å²) in [4.78, 5) is 14.0. The fourth-order valence-electron chi connectivity index (χ4n) is 2.15. The molecule has 0 amide bonds. The Balaban J connectivity index is 2.68. The van der Waals surface area contributed by atoms with Crippen LogP contribution in [0.15, 0.2) is 0 Å². The molecule has 0 saturated carbocycles. The van der Waals surface area contributed by atoms with Crippen molar-refractivity contribution in [1.82, 2.24) is 10.2 Å². The van der Waals surface area contributed by atoms with Crippen LogP contribution in [0, 0.1) is 0 Å². The number of nitrogens with zero attached hydrogens (tertiary/aromatic N) is 1. The summed E-state index contributed by atoms with van der Waals surface area (Å²) in [5.74, 6) is 0.291. The highest BCUT2D eigenvalue weighted by Gasteiger charge is 2.37. The number of nitrogens with one attached hydrogen (secondary N) is 1. The molecule has 1 rings (SSSR count). The molecule has 82 valence electrons. The second-order valence-corrected chi connectivity index (χ2v) is 4.74. The largest absolute Gasteiger partial charge is 0.306 e. The summed E-state index contributed by atoms with van der Waals surface area (Å²) in [6, 6.07) is 0.377. The first-order valence-corrected chi connectivity index (χ1v) is 5.43. The van der Waals surface area contributed by atoms with Crippen LogP contribution >= 0.6 is 0 Å². The maximum absolute atomic E-state index is 11.7. The Morgan fingerprint density at radius 1 is 1.36 bits per heavy atom. The van der Waals surface area contributed by atoms with Gasteiger partial charge >= 0.3 is 0 Å². The predicted octanol–water partition coefficient (Wildman–Crippen LogP) is 1.04. The molecule has 3 heteroatoms. The molecule has 1 fully saturated rings. The zero-order valence-electron chi connectivity index (χ0n) is 9.76. The molecule has 3 nitrogen and oxygen atoms in total. The van der Waals surface area contributed by atoms with E-state index in [0.717, 1.165) is 25.9 Å². The Bertz CT molecular complexity index is 205. The first-order valence-electron chi connectivity index (χ1n) is 5.43. The van der Waals surface area contributed by atoms with Crippen LogP contribution in [0.4, 0.5) is 0 Å². The van der Waals surface area contributed by atoms with Crippen molar-refractivity contribution in [3.8, 4) is 0 Å². The van der Waals surface area contributed by atoms with Gasteiger partial charge in [0.1, 0.15) is 5.78 Å². The third-order valence-corrected chi connectivity index (χ3v) is 3.08. The third-order valence-electron chi connectivity index (χ3n) is 3.08. The van der Waals surface area contributed by atoms with Gasteiger partial charge in [0.25, 0.3) is 0 Å². The van der Waals surface area contributed by atoms with E-state index in [9.17, 15) is 4.79 Å². The van der Waals surface area contributed by atoms with Crippen LogP contribution in [-0.2, 0) is 4.79 Å². The van der Waals surface area contributed by atoms with Crippen molar-refractivity contribution in [3.05, 3.63) is 0 Å². The maximum Gasteiger partial charge on any atom is 0.149 e. The Labute approximate surface area is 86.9 Å². The molecule has 0 aromatic rings. The van der Waals surface area contributed by atoms with Crippen molar-refractivity contribution < 1.29 is 4.79 Å². The lowest BCUT2D eigenvalue weighted by Gasteiger charge is -2.40. The Morgan fingerprint density at radius 2 is 1.86 bits per heavy atom. The van der Waals surface area contributed by atoms with Crippen LogP contribution < -0.4 is 5.32 Å². The van der Waals surface area contributed by atoms with E-state index in [-0.39, 0.29) is 5.54 Å². The summed E-state index contributed by atoms with van der Waals surface area (Å²) in [6.45, 7) is 7.94. The van der Waals surface area contributed by atoms with Crippen molar-refractivity contribution in [2.24, 2.45) is 0 Å². The van der Waals surface area contributed by atoms with Gasteiger partial charge in [-0.2, -0.15) is 0 Å². The summed E-state index contributed by atoms with van der Waals surface area (Å²) in [5, 5.41) is 3.44. The van der Waals surface area contributed by atoms with Gasteiger partial charge in [0, 0.05) is 19.1 Å². The van der Waals surface area contributed by atoms with E-state index in [1.165, 1.54) is 0 Å². The van der Waals surface area contributed by atoms with Gasteiger partial charge in [-0.25, -0.2) is 0 Å². The molecule has 1 heterocycles. The standard InChI is InChI=1S/C11H22N2O/c1-9(2)12-11(10(3)14)5-7-13(4)8-6-11/h9,12H,5-8H2,1-4H3. The lowest BCUT2D eigenvalue weighted by molar-refractivity contribution is -0.125. The number of hydrogen-bond acceptors (Lipinski definition) is 3. The van der Waals surface area contributed by atoms with Gasteiger partial charge in [-0.1, -0.05) is 0 Å². The Kier molecular flexibility index (Phi) is 3.67. The number of likely N-dealkylation sites (tertiary alicyclic amines) is 1. The molecule has 0 atom stereocenters. The lowest BCUT2D eigenvalue weighted by atomic mass is 9.83. The number of carbonyl (C=O) groups excluding carboxylic acids is 1. The molecule has 14 heavy (non-hydrogen) atoms. The highest BCUT2D eigenvalue weighted by atomic mass is 16.1. The first kappa shape index (κ1) is 11.7. The first-order chi connectivity index (χ1) is 6.46. The molecule has 1 saturated heterocycles. The zero-order valence-corrected chi connectivity index (χ0v) is 9.76.